The molecule has 0 radical (unpaired) electrons. The van der Waals surface area contributed by atoms with E-state index in [1.807, 2.05) is 12.1 Å². The second-order valence-electron chi connectivity index (χ2n) is 4.90. The molecule has 2 rings (SSSR count). The van der Waals surface area contributed by atoms with E-state index in [-0.39, 0.29) is 12.5 Å². The molecule has 1 aliphatic rings. The standard InChI is InChI=1S/C13H18BrNO3/c1-9(11-3-4-12(14)18-11)15-7-6-10(8-15)2-5-13(16)17/h3-4,9-10H,2,5-8H2,1H3,(H,16,17). The van der Waals surface area contributed by atoms with Gasteiger partial charge in [0.15, 0.2) is 4.67 Å². The second-order valence-corrected chi connectivity index (χ2v) is 5.68. The summed E-state index contributed by atoms with van der Waals surface area (Å²) >= 11 is 3.31. The van der Waals surface area contributed by atoms with Gasteiger partial charge in [-0.15, -0.1) is 0 Å². The van der Waals surface area contributed by atoms with E-state index < -0.39 is 5.97 Å². The van der Waals surface area contributed by atoms with Gasteiger partial charge in [0.2, 0.25) is 0 Å². The number of likely N-dealkylation sites (tertiary alicyclic amines) is 1. The Balaban J connectivity index is 1.86. The second kappa shape index (κ2) is 5.89. The molecule has 1 aromatic heterocycles. The Morgan fingerprint density at radius 2 is 2.44 bits per heavy atom. The highest BCUT2D eigenvalue weighted by molar-refractivity contribution is 9.10. The van der Waals surface area contributed by atoms with E-state index in [1.165, 1.54) is 0 Å². The summed E-state index contributed by atoms with van der Waals surface area (Å²) in [6, 6.07) is 4.15. The predicted octanol–water partition coefficient (Wildman–Crippen LogP) is 3.29. The van der Waals surface area contributed by atoms with Crippen LogP contribution in [-0.4, -0.2) is 29.1 Å². The van der Waals surface area contributed by atoms with Crippen molar-refractivity contribution in [1.82, 2.24) is 4.90 Å². The number of hydrogen-bond donors (Lipinski definition) is 1. The maximum absolute atomic E-state index is 10.6. The third-order valence-electron chi connectivity index (χ3n) is 3.64. The zero-order valence-electron chi connectivity index (χ0n) is 10.4. The quantitative estimate of drug-likeness (QED) is 0.906. The third-order valence-corrected chi connectivity index (χ3v) is 4.06. The van der Waals surface area contributed by atoms with E-state index in [9.17, 15) is 4.79 Å². The molecule has 0 aromatic carbocycles. The van der Waals surface area contributed by atoms with Crippen LogP contribution in [0.1, 0.15) is 38.0 Å². The van der Waals surface area contributed by atoms with Gasteiger partial charge in [-0.3, -0.25) is 9.69 Å². The lowest BCUT2D eigenvalue weighted by Gasteiger charge is -2.22. The molecule has 0 aliphatic carbocycles. The van der Waals surface area contributed by atoms with Gasteiger partial charge in [-0.2, -0.15) is 0 Å². The number of nitrogens with zero attached hydrogens (tertiary/aromatic N) is 1. The van der Waals surface area contributed by atoms with Crippen molar-refractivity contribution in [3.8, 4) is 0 Å². The van der Waals surface area contributed by atoms with Crippen LogP contribution in [0.25, 0.3) is 0 Å². The summed E-state index contributed by atoms with van der Waals surface area (Å²) < 4.78 is 6.33. The molecule has 1 aromatic rings. The van der Waals surface area contributed by atoms with Crippen molar-refractivity contribution in [3.05, 3.63) is 22.6 Å². The first kappa shape index (κ1) is 13.6. The molecule has 2 heterocycles. The molecule has 18 heavy (non-hydrogen) atoms. The lowest BCUT2D eigenvalue weighted by molar-refractivity contribution is -0.137. The van der Waals surface area contributed by atoms with Crippen LogP contribution in [0.5, 0.6) is 0 Å². The molecule has 1 fully saturated rings. The molecular formula is C13H18BrNO3. The van der Waals surface area contributed by atoms with Crippen molar-refractivity contribution < 1.29 is 14.3 Å². The summed E-state index contributed by atoms with van der Waals surface area (Å²) in [5.41, 5.74) is 0. The summed E-state index contributed by atoms with van der Waals surface area (Å²) in [6.45, 7) is 4.11. The van der Waals surface area contributed by atoms with Crippen molar-refractivity contribution in [2.75, 3.05) is 13.1 Å². The maximum Gasteiger partial charge on any atom is 0.303 e. The molecule has 100 valence electrons. The minimum absolute atomic E-state index is 0.256. The van der Waals surface area contributed by atoms with Crippen LogP contribution in [-0.2, 0) is 4.79 Å². The van der Waals surface area contributed by atoms with Crippen LogP contribution in [0.2, 0.25) is 0 Å². The number of carbonyl (C=O) groups is 1. The van der Waals surface area contributed by atoms with Crippen molar-refractivity contribution in [3.63, 3.8) is 0 Å². The predicted molar refractivity (Wildman–Crippen MR) is 71.4 cm³/mol. The highest BCUT2D eigenvalue weighted by atomic mass is 79.9. The average molecular weight is 316 g/mol. The number of furan rings is 1. The van der Waals surface area contributed by atoms with E-state index in [2.05, 4.69) is 27.8 Å². The Hall–Kier alpha value is -0.810. The van der Waals surface area contributed by atoms with E-state index in [1.54, 1.807) is 0 Å². The van der Waals surface area contributed by atoms with Gasteiger partial charge >= 0.3 is 5.97 Å². The Kier molecular flexibility index (Phi) is 4.45. The van der Waals surface area contributed by atoms with Crippen LogP contribution < -0.4 is 0 Å². The van der Waals surface area contributed by atoms with Gasteiger partial charge in [0.05, 0.1) is 6.04 Å². The monoisotopic (exact) mass is 315 g/mol. The summed E-state index contributed by atoms with van der Waals surface area (Å²) in [7, 11) is 0. The lowest BCUT2D eigenvalue weighted by Crippen LogP contribution is -2.24. The molecule has 4 nitrogen and oxygen atoms in total. The van der Waals surface area contributed by atoms with Gasteiger partial charge in [-0.25, -0.2) is 0 Å². The summed E-state index contributed by atoms with van der Waals surface area (Å²) in [5.74, 6) is 0.763. The topological polar surface area (TPSA) is 53.7 Å². The molecule has 1 saturated heterocycles. The fourth-order valence-corrected chi connectivity index (χ4v) is 2.83. The number of halogens is 1. The number of hydrogen-bond acceptors (Lipinski definition) is 3. The van der Waals surface area contributed by atoms with E-state index in [4.69, 9.17) is 9.52 Å². The summed E-state index contributed by atoms with van der Waals surface area (Å²) in [4.78, 5) is 12.9. The first-order valence-electron chi connectivity index (χ1n) is 6.27. The molecular weight excluding hydrogens is 298 g/mol. The normalized spacial score (nSPS) is 22.2. The van der Waals surface area contributed by atoms with Gasteiger partial charge in [0, 0.05) is 13.0 Å². The molecule has 2 atom stereocenters. The van der Waals surface area contributed by atoms with Crippen molar-refractivity contribution in [2.45, 2.75) is 32.2 Å². The Morgan fingerprint density at radius 1 is 1.67 bits per heavy atom. The van der Waals surface area contributed by atoms with Crippen molar-refractivity contribution in [1.29, 1.82) is 0 Å². The minimum Gasteiger partial charge on any atom is -0.481 e. The first-order valence-corrected chi connectivity index (χ1v) is 7.06. The Bertz CT molecular complexity index is 418. The molecule has 1 N–H and O–H groups in total. The fourth-order valence-electron chi connectivity index (χ4n) is 2.51. The molecule has 5 heteroatoms. The maximum atomic E-state index is 10.6. The van der Waals surface area contributed by atoms with Crippen LogP contribution in [0.4, 0.5) is 0 Å². The molecule has 0 spiro atoms. The highest BCUT2D eigenvalue weighted by Gasteiger charge is 2.28. The molecule has 0 saturated carbocycles. The largest absolute Gasteiger partial charge is 0.481 e. The van der Waals surface area contributed by atoms with Crippen molar-refractivity contribution in [2.24, 2.45) is 5.92 Å². The number of carboxylic acid groups (broad SMARTS) is 1. The smallest absolute Gasteiger partial charge is 0.303 e. The summed E-state index contributed by atoms with van der Waals surface area (Å²) in [6.07, 6.45) is 2.14. The number of aliphatic carboxylic acids is 1. The van der Waals surface area contributed by atoms with Crippen LogP contribution >= 0.6 is 15.9 Å². The van der Waals surface area contributed by atoms with Gasteiger partial charge in [0.1, 0.15) is 5.76 Å². The molecule has 2 unspecified atom stereocenters. The van der Waals surface area contributed by atoms with E-state index >= 15 is 0 Å². The minimum atomic E-state index is -0.698. The number of rotatable bonds is 5. The average Bonchev–Trinajstić information content (AvgIpc) is 2.94. The Morgan fingerprint density at radius 3 is 3.06 bits per heavy atom. The lowest BCUT2D eigenvalue weighted by atomic mass is 10.0. The molecule has 0 bridgehead atoms. The van der Waals surface area contributed by atoms with Crippen LogP contribution in [0.15, 0.2) is 21.2 Å². The molecule has 0 amide bonds. The fraction of sp³-hybridized carbons (Fsp3) is 0.615. The SMILES string of the molecule is CC(c1ccc(Br)o1)N1CCC(CCC(=O)O)C1. The van der Waals surface area contributed by atoms with Gasteiger partial charge in [0.25, 0.3) is 0 Å². The zero-order valence-corrected chi connectivity index (χ0v) is 12.0. The third kappa shape index (κ3) is 3.36. The zero-order chi connectivity index (χ0) is 13.1. The van der Waals surface area contributed by atoms with Crippen molar-refractivity contribution >= 4 is 21.9 Å². The summed E-state index contributed by atoms with van der Waals surface area (Å²) in [5, 5.41) is 8.70. The van der Waals surface area contributed by atoms with Gasteiger partial charge in [-0.1, -0.05) is 0 Å². The van der Waals surface area contributed by atoms with Gasteiger partial charge in [-0.05, 0) is 60.3 Å². The van der Waals surface area contributed by atoms with Crippen LogP contribution in [0.3, 0.4) is 0 Å². The van der Waals surface area contributed by atoms with E-state index in [0.29, 0.717) is 5.92 Å². The Labute approximate surface area is 115 Å². The highest BCUT2D eigenvalue weighted by Crippen LogP contribution is 2.31. The first-order chi connectivity index (χ1) is 8.56. The molecule has 1 aliphatic heterocycles. The van der Waals surface area contributed by atoms with Gasteiger partial charge < -0.3 is 9.52 Å². The van der Waals surface area contributed by atoms with Crippen LogP contribution in [0, 0.1) is 5.92 Å². The van der Waals surface area contributed by atoms with E-state index in [0.717, 1.165) is 36.4 Å². The number of carboxylic acids is 1.